The first-order valence-corrected chi connectivity index (χ1v) is 13.2. The Labute approximate surface area is 227 Å². The lowest BCUT2D eigenvalue weighted by atomic mass is 9.68. The van der Waals surface area contributed by atoms with Crippen LogP contribution in [-0.4, -0.2) is 44.8 Å². The van der Waals surface area contributed by atoms with Gasteiger partial charge in [-0.2, -0.15) is 0 Å². The number of nitro benzene ring substituents is 1. The molecule has 206 valence electrons. The summed E-state index contributed by atoms with van der Waals surface area (Å²) in [7, 11) is 0. The monoisotopic (exact) mass is 534 g/mol. The maximum Gasteiger partial charge on any atom is 0.271 e. The van der Waals surface area contributed by atoms with Crippen LogP contribution in [0.5, 0.6) is 5.75 Å². The first-order valence-electron chi connectivity index (χ1n) is 13.2. The second-order valence-electron chi connectivity index (χ2n) is 10.4. The molecule has 1 fully saturated rings. The number of hydrogen-bond donors (Lipinski definition) is 3. The van der Waals surface area contributed by atoms with E-state index in [9.17, 15) is 35.0 Å². The van der Waals surface area contributed by atoms with Crippen LogP contribution in [-0.2, 0) is 9.59 Å². The van der Waals surface area contributed by atoms with Crippen LogP contribution in [0.3, 0.4) is 0 Å². The predicted octanol–water partition coefficient (Wildman–Crippen LogP) is 4.76. The van der Waals surface area contributed by atoms with Crippen LogP contribution in [0.4, 0.5) is 11.4 Å². The number of phenols is 1. The third-order valence-electron chi connectivity index (χ3n) is 7.73. The number of benzene rings is 2. The van der Waals surface area contributed by atoms with Crippen LogP contribution in [0.1, 0.15) is 51.5 Å². The van der Waals surface area contributed by atoms with E-state index in [1.54, 1.807) is 18.2 Å². The van der Waals surface area contributed by atoms with Gasteiger partial charge in [-0.15, -0.1) is 0 Å². The molecule has 0 unspecified atom stereocenters. The summed E-state index contributed by atoms with van der Waals surface area (Å²) in [6.07, 6.45) is 4.05. The summed E-state index contributed by atoms with van der Waals surface area (Å²) in [5, 5.41) is 42.7. The number of aliphatic hydroxyl groups is 2. The molecule has 0 bridgehead atoms. The van der Waals surface area contributed by atoms with E-state index in [2.05, 4.69) is 6.92 Å². The van der Waals surface area contributed by atoms with Crippen LogP contribution < -0.4 is 4.90 Å². The lowest BCUT2D eigenvalue weighted by Gasteiger charge is -2.35. The van der Waals surface area contributed by atoms with Crippen LogP contribution in [0, 0.1) is 27.9 Å². The van der Waals surface area contributed by atoms with E-state index in [1.807, 2.05) is 19.1 Å². The topological polar surface area (TPSA) is 141 Å². The number of phenolic OH excluding ortho intramolecular Hbond substituents is 1. The highest BCUT2D eigenvalue weighted by Crippen LogP contribution is 2.47. The molecule has 1 heterocycles. The quantitative estimate of drug-likeness (QED) is 0.173. The van der Waals surface area contributed by atoms with Crippen molar-refractivity contribution < 1.29 is 29.8 Å². The molecule has 2 aliphatic rings. The Kier molecular flexibility index (Phi) is 8.62. The molecule has 0 saturated carbocycles. The van der Waals surface area contributed by atoms with Crippen LogP contribution in [0.2, 0.25) is 0 Å². The van der Waals surface area contributed by atoms with Crippen molar-refractivity contribution in [1.82, 2.24) is 0 Å². The van der Waals surface area contributed by atoms with Gasteiger partial charge in [-0.05, 0) is 61.9 Å². The van der Waals surface area contributed by atoms with Crippen molar-refractivity contribution in [2.24, 2.45) is 17.8 Å². The van der Waals surface area contributed by atoms with Gasteiger partial charge in [0.15, 0.2) is 0 Å². The molecule has 39 heavy (non-hydrogen) atoms. The zero-order chi connectivity index (χ0) is 28.3. The number of allylic oxidation sites excluding steroid dienone is 2. The van der Waals surface area contributed by atoms with Crippen molar-refractivity contribution >= 4 is 29.3 Å². The fourth-order valence-corrected chi connectivity index (χ4v) is 6.04. The third-order valence-corrected chi connectivity index (χ3v) is 7.73. The first kappa shape index (κ1) is 28.2. The number of amides is 2. The number of imide groups is 1. The molecule has 1 aliphatic carbocycles. The summed E-state index contributed by atoms with van der Waals surface area (Å²) >= 11 is 0. The second kappa shape index (κ2) is 11.9. The molecule has 1 aliphatic heterocycles. The minimum atomic E-state index is -0.915. The minimum absolute atomic E-state index is 0.131. The number of nitro groups is 1. The molecular weight excluding hydrogens is 500 g/mol. The van der Waals surface area contributed by atoms with Crippen LogP contribution in [0.25, 0.3) is 6.08 Å². The molecule has 1 saturated heterocycles. The van der Waals surface area contributed by atoms with Crippen LogP contribution in [0.15, 0.2) is 65.3 Å². The lowest BCUT2D eigenvalue weighted by molar-refractivity contribution is -0.384. The third kappa shape index (κ3) is 5.79. The number of carbonyl (C=O) groups excluding carboxylic acids is 2. The first-order chi connectivity index (χ1) is 18.7. The number of non-ortho nitro benzene ring substituents is 1. The molecule has 0 spiro atoms. The van der Waals surface area contributed by atoms with E-state index >= 15 is 0 Å². The number of hydrogen-bond acceptors (Lipinski definition) is 7. The Hall–Kier alpha value is -3.82. The number of aromatic hydroxyl groups is 1. The van der Waals surface area contributed by atoms with Gasteiger partial charge in [0.05, 0.1) is 35.2 Å². The summed E-state index contributed by atoms with van der Waals surface area (Å²) in [6.45, 7) is 3.48. The van der Waals surface area contributed by atoms with E-state index in [0.717, 1.165) is 34.5 Å². The number of carbonyl (C=O) groups is 2. The molecular formula is C30H34N2O7. The molecule has 3 N–H and O–H groups in total. The highest BCUT2D eigenvalue weighted by Gasteiger charge is 2.55. The zero-order valence-electron chi connectivity index (χ0n) is 22.1. The fourth-order valence-electron chi connectivity index (χ4n) is 6.04. The van der Waals surface area contributed by atoms with Gasteiger partial charge in [0, 0.05) is 18.1 Å². The number of aliphatic hydroxyl groups excluding tert-OH is 2. The van der Waals surface area contributed by atoms with Gasteiger partial charge < -0.3 is 15.3 Å². The van der Waals surface area contributed by atoms with E-state index in [-0.39, 0.29) is 23.5 Å². The van der Waals surface area contributed by atoms with Crippen LogP contribution >= 0.6 is 0 Å². The summed E-state index contributed by atoms with van der Waals surface area (Å²) < 4.78 is 0. The highest BCUT2D eigenvalue weighted by molar-refractivity contribution is 6.22. The van der Waals surface area contributed by atoms with Crippen molar-refractivity contribution in [3.63, 3.8) is 0 Å². The lowest BCUT2D eigenvalue weighted by Crippen LogP contribution is -2.38. The Bertz CT molecular complexity index is 1330. The zero-order valence-corrected chi connectivity index (χ0v) is 22.1. The van der Waals surface area contributed by atoms with Crippen molar-refractivity contribution in [2.75, 3.05) is 11.5 Å². The maximum atomic E-state index is 13.5. The summed E-state index contributed by atoms with van der Waals surface area (Å²) in [6, 6.07) is 12.4. The van der Waals surface area contributed by atoms with Gasteiger partial charge in [-0.25, -0.2) is 4.90 Å². The van der Waals surface area contributed by atoms with Crippen molar-refractivity contribution in [1.29, 1.82) is 0 Å². The summed E-state index contributed by atoms with van der Waals surface area (Å²) in [4.78, 5) is 38.5. The number of fused-ring (bicyclic) bond motifs is 1. The Morgan fingerprint density at radius 2 is 1.90 bits per heavy atom. The Morgan fingerprint density at radius 3 is 2.56 bits per heavy atom. The fraction of sp³-hybridized carbons (Fsp3) is 0.400. The average molecular weight is 535 g/mol. The number of rotatable bonds is 10. The van der Waals surface area contributed by atoms with E-state index in [1.165, 1.54) is 24.3 Å². The maximum absolute atomic E-state index is 13.5. The number of anilines is 1. The summed E-state index contributed by atoms with van der Waals surface area (Å²) in [5.74, 6) is -3.07. The van der Waals surface area contributed by atoms with E-state index in [4.69, 9.17) is 0 Å². The second-order valence-corrected chi connectivity index (χ2v) is 10.4. The van der Waals surface area contributed by atoms with Gasteiger partial charge in [-0.1, -0.05) is 48.8 Å². The molecule has 4 rings (SSSR count). The largest absolute Gasteiger partial charge is 0.508 e. The Morgan fingerprint density at radius 1 is 1.15 bits per heavy atom. The van der Waals surface area contributed by atoms with Gasteiger partial charge in [-0.3, -0.25) is 19.7 Å². The smallest absolute Gasteiger partial charge is 0.271 e. The van der Waals surface area contributed by atoms with Crippen molar-refractivity contribution in [3.05, 3.63) is 80.9 Å². The average Bonchev–Trinajstić information content (AvgIpc) is 3.15. The van der Waals surface area contributed by atoms with Crippen molar-refractivity contribution in [2.45, 2.75) is 52.1 Å². The molecule has 0 aromatic heterocycles. The van der Waals surface area contributed by atoms with Gasteiger partial charge in [0.25, 0.3) is 5.69 Å². The number of nitrogens with zero attached hydrogens (tertiary/aromatic N) is 2. The normalized spacial score (nSPS) is 22.3. The highest BCUT2D eigenvalue weighted by atomic mass is 16.6. The molecule has 9 heteroatoms. The molecule has 2 amide bonds. The molecule has 9 nitrogen and oxygen atoms in total. The summed E-state index contributed by atoms with van der Waals surface area (Å²) in [5.41, 5.74) is 3.25. The predicted molar refractivity (Wildman–Crippen MR) is 147 cm³/mol. The van der Waals surface area contributed by atoms with Gasteiger partial charge >= 0.3 is 0 Å². The SMILES string of the molecule is CCC/C(=C\c1cccc(O)c1)CC[C@@H](O)C1=C(C)C[C@H]2C(=O)N(c3cccc([N+](=O)[O-])c3)C(=O)[C@H]2[C@H]1CO. The standard InChI is InChI=1S/C30H34N2O7/c1-3-6-19(14-20-7-4-10-23(34)15-20)11-12-26(35)27-18(2)13-24-28(25(27)17-33)30(37)31(29(24)36)21-8-5-9-22(16-21)32(38)39/h4-5,7-10,14-16,24-26,28,33-35H,3,6,11-13,17H2,1-2H3/b19-14+/t24-,25+,26-,28-/m1/s1. The van der Waals surface area contributed by atoms with Gasteiger partial charge in [0.2, 0.25) is 11.8 Å². The molecule has 0 radical (unpaired) electrons. The molecule has 2 aromatic rings. The van der Waals surface area contributed by atoms with Gasteiger partial charge in [0.1, 0.15) is 5.75 Å². The Balaban J connectivity index is 1.56. The van der Waals surface area contributed by atoms with E-state index in [0.29, 0.717) is 18.4 Å². The molecule has 2 aromatic carbocycles. The molecule has 4 atom stereocenters. The van der Waals surface area contributed by atoms with Crippen molar-refractivity contribution in [3.8, 4) is 5.75 Å². The minimum Gasteiger partial charge on any atom is -0.508 e. The van der Waals surface area contributed by atoms with E-state index < -0.39 is 47.2 Å².